The number of thiophene rings is 1. The van der Waals surface area contributed by atoms with E-state index in [4.69, 9.17) is 0 Å². The third kappa shape index (κ3) is 3.42. The van der Waals surface area contributed by atoms with E-state index in [1.54, 1.807) is 17.5 Å². The zero-order valence-corrected chi connectivity index (χ0v) is 17.1. The van der Waals surface area contributed by atoms with Gasteiger partial charge in [0.05, 0.1) is 22.0 Å². The molecule has 3 aromatic heterocycles. The van der Waals surface area contributed by atoms with Gasteiger partial charge in [0, 0.05) is 30.6 Å². The molecule has 1 aliphatic rings. The summed E-state index contributed by atoms with van der Waals surface area (Å²) in [5.74, 6) is 2.05. The average Bonchev–Trinajstić information content (AvgIpc) is 3.31. The molecule has 0 spiro atoms. The molecule has 6 nitrogen and oxygen atoms in total. The van der Waals surface area contributed by atoms with E-state index in [2.05, 4.69) is 20.3 Å². The molecule has 4 aromatic rings. The molecule has 1 atom stereocenters. The van der Waals surface area contributed by atoms with E-state index >= 15 is 0 Å². The van der Waals surface area contributed by atoms with Gasteiger partial charge in [-0.05, 0) is 49.3 Å². The summed E-state index contributed by atoms with van der Waals surface area (Å²) >= 11 is 1.63. The van der Waals surface area contributed by atoms with Crippen molar-refractivity contribution >= 4 is 27.5 Å². The number of nitrogens with zero attached hydrogens (tertiary/aromatic N) is 4. The van der Waals surface area contributed by atoms with Gasteiger partial charge in [0.25, 0.3) is 5.91 Å². The van der Waals surface area contributed by atoms with Crippen molar-refractivity contribution in [2.75, 3.05) is 0 Å². The summed E-state index contributed by atoms with van der Waals surface area (Å²) in [5.41, 5.74) is 3.50. The SMILES string of the molecule is Cc1nc(-c2ccc(C(=O)NC(c3nccn3C)C3CC3)cc2)c2sccc2n1. The van der Waals surface area contributed by atoms with E-state index in [9.17, 15) is 4.79 Å². The summed E-state index contributed by atoms with van der Waals surface area (Å²) in [5, 5.41) is 5.21. The van der Waals surface area contributed by atoms with Crippen LogP contribution in [0.2, 0.25) is 0 Å². The zero-order valence-electron chi connectivity index (χ0n) is 16.3. The number of hydrogen-bond acceptors (Lipinski definition) is 5. The maximum absolute atomic E-state index is 12.9. The van der Waals surface area contributed by atoms with Crippen LogP contribution >= 0.6 is 11.3 Å². The lowest BCUT2D eigenvalue weighted by atomic mass is 10.1. The van der Waals surface area contributed by atoms with Crippen molar-refractivity contribution in [3.8, 4) is 11.3 Å². The first kappa shape index (κ1) is 18.0. The van der Waals surface area contributed by atoms with E-state index in [1.165, 1.54) is 0 Å². The van der Waals surface area contributed by atoms with Gasteiger partial charge in [0.15, 0.2) is 0 Å². The fraction of sp³-hybridized carbons (Fsp3) is 0.273. The van der Waals surface area contributed by atoms with Crippen molar-refractivity contribution in [2.24, 2.45) is 13.0 Å². The summed E-state index contributed by atoms with van der Waals surface area (Å²) in [6.07, 6.45) is 5.95. The maximum Gasteiger partial charge on any atom is 0.251 e. The third-order valence-corrected chi connectivity index (χ3v) is 6.26. The monoisotopic (exact) mass is 403 g/mol. The van der Waals surface area contributed by atoms with Crippen LogP contribution in [0.4, 0.5) is 0 Å². The topological polar surface area (TPSA) is 72.7 Å². The number of imidazole rings is 1. The normalized spacial score (nSPS) is 14.8. The van der Waals surface area contributed by atoms with Crippen molar-refractivity contribution in [3.05, 3.63) is 65.3 Å². The highest BCUT2D eigenvalue weighted by atomic mass is 32.1. The maximum atomic E-state index is 12.9. The van der Waals surface area contributed by atoms with Crippen LogP contribution in [0.1, 0.15) is 40.9 Å². The number of carbonyl (C=O) groups is 1. The molecule has 1 aliphatic carbocycles. The molecule has 1 N–H and O–H groups in total. The Balaban J connectivity index is 1.40. The van der Waals surface area contributed by atoms with Crippen LogP contribution in [-0.2, 0) is 7.05 Å². The Morgan fingerprint density at radius 3 is 2.69 bits per heavy atom. The van der Waals surface area contributed by atoms with Crippen LogP contribution in [0, 0.1) is 12.8 Å². The minimum atomic E-state index is -0.0726. The molecule has 0 aliphatic heterocycles. The van der Waals surface area contributed by atoms with Crippen LogP contribution in [0.5, 0.6) is 0 Å². The molecular formula is C22H21N5OS. The quantitative estimate of drug-likeness (QED) is 0.540. The molecule has 7 heteroatoms. The number of carbonyl (C=O) groups excluding carboxylic acids is 1. The van der Waals surface area contributed by atoms with Crippen LogP contribution in [0.25, 0.3) is 21.5 Å². The second-order valence-corrected chi connectivity index (χ2v) is 8.43. The number of hydrogen-bond donors (Lipinski definition) is 1. The standard InChI is InChI=1S/C22H21N5OS/c1-13-24-17-9-12-29-20(17)18(25-13)14-5-7-16(8-6-14)22(28)26-19(15-3-4-15)21-23-10-11-27(21)2/h5-12,15,19H,3-4H2,1-2H3,(H,26,28). The average molecular weight is 404 g/mol. The first-order valence-electron chi connectivity index (χ1n) is 9.70. The number of benzene rings is 1. The highest BCUT2D eigenvalue weighted by molar-refractivity contribution is 7.17. The fourth-order valence-electron chi connectivity index (χ4n) is 3.68. The van der Waals surface area contributed by atoms with E-state index < -0.39 is 0 Å². The minimum Gasteiger partial charge on any atom is -0.342 e. The molecule has 5 rings (SSSR count). The highest BCUT2D eigenvalue weighted by Gasteiger charge is 2.35. The largest absolute Gasteiger partial charge is 0.342 e. The Hall–Kier alpha value is -3.06. The van der Waals surface area contributed by atoms with Crippen LogP contribution in [0.3, 0.4) is 0 Å². The third-order valence-electron chi connectivity index (χ3n) is 5.35. The molecule has 29 heavy (non-hydrogen) atoms. The molecule has 1 saturated carbocycles. The molecule has 1 fully saturated rings. The van der Waals surface area contributed by atoms with E-state index in [1.807, 2.05) is 60.4 Å². The molecule has 146 valence electrons. The van der Waals surface area contributed by atoms with E-state index in [-0.39, 0.29) is 11.9 Å². The Morgan fingerprint density at radius 2 is 2.00 bits per heavy atom. The van der Waals surface area contributed by atoms with Gasteiger partial charge in [-0.3, -0.25) is 4.79 Å². The molecule has 0 radical (unpaired) electrons. The predicted octanol–water partition coefficient (Wildman–Crippen LogP) is 4.28. The summed E-state index contributed by atoms with van der Waals surface area (Å²) in [4.78, 5) is 26.5. The fourth-order valence-corrected chi connectivity index (χ4v) is 4.52. The van der Waals surface area contributed by atoms with Crippen molar-refractivity contribution in [1.29, 1.82) is 0 Å². The summed E-state index contributed by atoms with van der Waals surface area (Å²) < 4.78 is 3.05. The first-order chi connectivity index (χ1) is 14.1. The van der Waals surface area contributed by atoms with Gasteiger partial charge in [-0.2, -0.15) is 0 Å². The zero-order chi connectivity index (χ0) is 20.0. The van der Waals surface area contributed by atoms with Crippen molar-refractivity contribution in [3.63, 3.8) is 0 Å². The second kappa shape index (κ2) is 7.08. The molecule has 3 heterocycles. The number of aryl methyl sites for hydroxylation is 2. The number of nitrogens with one attached hydrogen (secondary N) is 1. The number of fused-ring (bicyclic) bond motifs is 1. The molecule has 0 saturated heterocycles. The lowest BCUT2D eigenvalue weighted by molar-refractivity contribution is 0.0929. The van der Waals surface area contributed by atoms with E-state index in [0.717, 1.165) is 46.0 Å². The van der Waals surface area contributed by atoms with Crippen LogP contribution in [-0.4, -0.2) is 25.4 Å². The lowest BCUT2D eigenvalue weighted by Crippen LogP contribution is -2.31. The van der Waals surface area contributed by atoms with Crippen molar-refractivity contribution in [2.45, 2.75) is 25.8 Å². The Labute approximate surface area is 172 Å². The Morgan fingerprint density at radius 1 is 1.21 bits per heavy atom. The smallest absolute Gasteiger partial charge is 0.251 e. The second-order valence-electron chi connectivity index (χ2n) is 7.52. The minimum absolute atomic E-state index is 0.0440. The van der Waals surface area contributed by atoms with Gasteiger partial charge < -0.3 is 9.88 Å². The van der Waals surface area contributed by atoms with Crippen LogP contribution < -0.4 is 5.32 Å². The number of aromatic nitrogens is 4. The summed E-state index contributed by atoms with van der Waals surface area (Å²) in [6.45, 7) is 1.90. The molecule has 1 amide bonds. The number of rotatable bonds is 5. The molecular weight excluding hydrogens is 382 g/mol. The van der Waals surface area contributed by atoms with Gasteiger partial charge in [-0.15, -0.1) is 11.3 Å². The van der Waals surface area contributed by atoms with E-state index in [0.29, 0.717) is 11.5 Å². The van der Waals surface area contributed by atoms with Gasteiger partial charge in [0.2, 0.25) is 0 Å². The number of amides is 1. The molecule has 1 unspecified atom stereocenters. The summed E-state index contributed by atoms with van der Waals surface area (Å²) in [6, 6.07) is 9.62. The molecule has 0 bridgehead atoms. The first-order valence-corrected chi connectivity index (χ1v) is 10.6. The van der Waals surface area contributed by atoms with Gasteiger partial charge in [0.1, 0.15) is 11.6 Å². The van der Waals surface area contributed by atoms with Crippen molar-refractivity contribution < 1.29 is 4.79 Å². The van der Waals surface area contributed by atoms with Gasteiger partial charge in [-0.25, -0.2) is 15.0 Å². The highest BCUT2D eigenvalue weighted by Crippen LogP contribution is 2.40. The molecule has 1 aromatic carbocycles. The van der Waals surface area contributed by atoms with Gasteiger partial charge >= 0.3 is 0 Å². The van der Waals surface area contributed by atoms with Crippen molar-refractivity contribution in [1.82, 2.24) is 24.8 Å². The van der Waals surface area contributed by atoms with Gasteiger partial charge in [-0.1, -0.05) is 12.1 Å². The van der Waals surface area contributed by atoms with Crippen LogP contribution in [0.15, 0.2) is 48.1 Å². The lowest BCUT2D eigenvalue weighted by Gasteiger charge is -2.18. The Kier molecular flexibility index (Phi) is 4.39. The predicted molar refractivity (Wildman–Crippen MR) is 114 cm³/mol. The Bertz CT molecular complexity index is 1190. The summed E-state index contributed by atoms with van der Waals surface area (Å²) in [7, 11) is 1.97.